The Morgan fingerprint density at radius 2 is 2.03 bits per heavy atom. The number of benzene rings is 2. The largest absolute Gasteiger partial charge is 0.493 e. The molecule has 0 spiro atoms. The number of amides is 1. The molecular weight excluding hydrogens is 483 g/mol. The number of hydrogen-bond acceptors (Lipinski definition) is 5. The van der Waals surface area contributed by atoms with E-state index in [-0.39, 0.29) is 18.3 Å². The standard InChI is InChI=1S/C31H37FN2O4/c1-3-4-15-37-31-21(2)27(33-26-11-10-23(32)19-25(26)31)20-38-29-9-5-8-28-24(29)7-6-14-34(28)30(35)18-22-12-16-36-17-13-22/h5,8-11,19,22H,3-4,6-7,12-18,20H2,1-2H3. The van der Waals surface area contributed by atoms with Crippen LogP contribution in [-0.4, -0.2) is 37.3 Å². The second-order valence-corrected chi connectivity index (χ2v) is 10.3. The van der Waals surface area contributed by atoms with Gasteiger partial charge >= 0.3 is 0 Å². The van der Waals surface area contributed by atoms with Crippen molar-refractivity contribution in [3.8, 4) is 11.5 Å². The van der Waals surface area contributed by atoms with Gasteiger partial charge in [0.05, 0.1) is 23.5 Å². The number of carbonyl (C=O) groups is 1. The third-order valence-corrected chi connectivity index (χ3v) is 7.65. The van der Waals surface area contributed by atoms with E-state index in [4.69, 9.17) is 19.2 Å². The zero-order valence-electron chi connectivity index (χ0n) is 22.4. The molecule has 1 saturated heterocycles. The summed E-state index contributed by atoms with van der Waals surface area (Å²) in [6.07, 6.45) is 6.16. The molecule has 1 aromatic heterocycles. The summed E-state index contributed by atoms with van der Waals surface area (Å²) in [4.78, 5) is 20.0. The number of fused-ring (bicyclic) bond motifs is 2. The van der Waals surface area contributed by atoms with Crippen LogP contribution in [0.25, 0.3) is 10.9 Å². The van der Waals surface area contributed by atoms with E-state index in [1.54, 1.807) is 6.07 Å². The zero-order valence-corrected chi connectivity index (χ0v) is 22.4. The topological polar surface area (TPSA) is 60.9 Å². The number of unbranched alkanes of at least 4 members (excludes halogenated alkanes) is 1. The maximum absolute atomic E-state index is 14.0. The van der Waals surface area contributed by atoms with Crippen LogP contribution >= 0.6 is 0 Å². The van der Waals surface area contributed by atoms with Crippen LogP contribution in [0.2, 0.25) is 0 Å². The second-order valence-electron chi connectivity index (χ2n) is 10.3. The number of halogens is 1. The molecule has 0 bridgehead atoms. The van der Waals surface area contributed by atoms with E-state index in [9.17, 15) is 9.18 Å². The molecule has 5 rings (SSSR count). The lowest BCUT2D eigenvalue weighted by atomic mass is 9.94. The maximum Gasteiger partial charge on any atom is 0.227 e. The van der Waals surface area contributed by atoms with E-state index in [0.717, 1.165) is 86.5 Å². The normalized spacial score (nSPS) is 15.9. The molecule has 6 nitrogen and oxygen atoms in total. The van der Waals surface area contributed by atoms with Gasteiger partial charge in [-0.25, -0.2) is 9.37 Å². The van der Waals surface area contributed by atoms with Gasteiger partial charge in [0.2, 0.25) is 5.91 Å². The second kappa shape index (κ2) is 12.1. The van der Waals surface area contributed by atoms with Gasteiger partial charge < -0.3 is 19.1 Å². The van der Waals surface area contributed by atoms with Crippen molar-refractivity contribution in [2.24, 2.45) is 5.92 Å². The Morgan fingerprint density at radius 1 is 1.18 bits per heavy atom. The summed E-state index contributed by atoms with van der Waals surface area (Å²) in [7, 11) is 0. The van der Waals surface area contributed by atoms with Crippen LogP contribution in [0.15, 0.2) is 36.4 Å². The molecule has 0 unspecified atom stereocenters. The van der Waals surface area contributed by atoms with Gasteiger partial charge in [0, 0.05) is 42.7 Å². The number of ether oxygens (including phenoxy) is 3. The first kappa shape index (κ1) is 26.4. The van der Waals surface area contributed by atoms with E-state index < -0.39 is 0 Å². The molecule has 3 heterocycles. The van der Waals surface area contributed by atoms with Gasteiger partial charge in [0.15, 0.2) is 0 Å². The third kappa shape index (κ3) is 5.78. The summed E-state index contributed by atoms with van der Waals surface area (Å²) >= 11 is 0. The van der Waals surface area contributed by atoms with Crippen LogP contribution in [0.5, 0.6) is 11.5 Å². The molecule has 1 fully saturated rings. The van der Waals surface area contributed by atoms with E-state index in [1.165, 1.54) is 12.1 Å². The van der Waals surface area contributed by atoms with Gasteiger partial charge in [0.1, 0.15) is 23.9 Å². The lowest BCUT2D eigenvalue weighted by molar-refractivity contribution is -0.120. The van der Waals surface area contributed by atoms with E-state index in [0.29, 0.717) is 35.6 Å². The van der Waals surface area contributed by atoms with Gasteiger partial charge in [-0.1, -0.05) is 19.4 Å². The van der Waals surface area contributed by atoms with E-state index >= 15 is 0 Å². The van der Waals surface area contributed by atoms with Gasteiger partial charge in [-0.2, -0.15) is 0 Å². The molecule has 0 aliphatic carbocycles. The molecular formula is C31H37FN2O4. The first-order valence-corrected chi connectivity index (χ1v) is 13.9. The summed E-state index contributed by atoms with van der Waals surface area (Å²) in [6.45, 7) is 7.12. The molecule has 0 N–H and O–H groups in total. The van der Waals surface area contributed by atoms with Crippen molar-refractivity contribution in [1.82, 2.24) is 4.98 Å². The molecule has 2 aliphatic rings. The monoisotopic (exact) mass is 520 g/mol. The summed E-state index contributed by atoms with van der Waals surface area (Å²) in [5, 5.41) is 0.679. The quantitative estimate of drug-likeness (QED) is 0.300. The fourth-order valence-corrected chi connectivity index (χ4v) is 5.44. The number of carbonyl (C=O) groups excluding carboxylic acids is 1. The smallest absolute Gasteiger partial charge is 0.227 e. The van der Waals surface area contributed by atoms with Crippen LogP contribution in [0, 0.1) is 18.7 Å². The van der Waals surface area contributed by atoms with Crippen molar-refractivity contribution < 1.29 is 23.4 Å². The van der Waals surface area contributed by atoms with Crippen LogP contribution in [0.1, 0.15) is 62.3 Å². The molecule has 0 radical (unpaired) electrons. The average Bonchev–Trinajstić information content (AvgIpc) is 2.93. The number of nitrogens with zero attached hydrogens (tertiary/aromatic N) is 2. The minimum atomic E-state index is -0.310. The van der Waals surface area contributed by atoms with Crippen molar-refractivity contribution >= 4 is 22.5 Å². The lowest BCUT2D eigenvalue weighted by Crippen LogP contribution is -2.37. The number of aromatic nitrogens is 1. The number of hydrogen-bond donors (Lipinski definition) is 0. The summed E-state index contributed by atoms with van der Waals surface area (Å²) in [5.41, 5.74) is 4.32. The molecule has 7 heteroatoms. The van der Waals surface area contributed by atoms with Gasteiger partial charge in [-0.15, -0.1) is 0 Å². The molecule has 202 valence electrons. The molecule has 2 aromatic carbocycles. The number of rotatable bonds is 9. The average molecular weight is 521 g/mol. The molecule has 3 aromatic rings. The molecule has 1 amide bonds. The molecule has 38 heavy (non-hydrogen) atoms. The SMILES string of the molecule is CCCCOc1c(C)c(COc2cccc3c2CCCN3C(=O)CC2CCOCC2)nc2ccc(F)cc12. The number of pyridine rings is 1. The Labute approximate surface area is 224 Å². The highest BCUT2D eigenvalue weighted by Crippen LogP contribution is 2.37. The van der Waals surface area contributed by atoms with Crippen LogP contribution in [-0.2, 0) is 22.6 Å². The van der Waals surface area contributed by atoms with Crippen molar-refractivity contribution in [1.29, 1.82) is 0 Å². The summed E-state index contributed by atoms with van der Waals surface area (Å²) < 4.78 is 32.0. The maximum atomic E-state index is 14.0. The molecule has 0 saturated carbocycles. The van der Waals surface area contributed by atoms with Crippen LogP contribution in [0.4, 0.5) is 10.1 Å². The predicted octanol–water partition coefficient (Wildman–Crippen LogP) is 6.54. The van der Waals surface area contributed by atoms with Crippen molar-refractivity contribution in [2.45, 2.75) is 65.4 Å². The highest BCUT2D eigenvalue weighted by Gasteiger charge is 2.27. The highest BCUT2D eigenvalue weighted by molar-refractivity contribution is 5.95. The Balaban J connectivity index is 1.37. The Bertz CT molecular complexity index is 1290. The Kier molecular flexibility index (Phi) is 8.42. The third-order valence-electron chi connectivity index (χ3n) is 7.65. The first-order chi connectivity index (χ1) is 18.5. The van der Waals surface area contributed by atoms with Gasteiger partial charge in [-0.3, -0.25) is 4.79 Å². The summed E-state index contributed by atoms with van der Waals surface area (Å²) in [6, 6.07) is 10.5. The minimum absolute atomic E-state index is 0.183. The summed E-state index contributed by atoms with van der Waals surface area (Å²) in [5.74, 6) is 1.71. The minimum Gasteiger partial charge on any atom is -0.493 e. The van der Waals surface area contributed by atoms with Crippen molar-refractivity contribution in [3.63, 3.8) is 0 Å². The zero-order chi connectivity index (χ0) is 26.5. The van der Waals surface area contributed by atoms with Crippen molar-refractivity contribution in [2.75, 3.05) is 31.3 Å². The Hall–Kier alpha value is -3.19. The van der Waals surface area contributed by atoms with Crippen LogP contribution < -0.4 is 14.4 Å². The number of anilines is 1. The first-order valence-electron chi connectivity index (χ1n) is 13.9. The predicted molar refractivity (Wildman–Crippen MR) is 146 cm³/mol. The van der Waals surface area contributed by atoms with Gasteiger partial charge in [0.25, 0.3) is 0 Å². The lowest BCUT2D eigenvalue weighted by Gasteiger charge is -2.32. The molecule has 2 aliphatic heterocycles. The van der Waals surface area contributed by atoms with Crippen LogP contribution in [0.3, 0.4) is 0 Å². The fourth-order valence-electron chi connectivity index (χ4n) is 5.44. The fraction of sp³-hybridized carbons (Fsp3) is 0.484. The molecule has 0 atom stereocenters. The van der Waals surface area contributed by atoms with E-state index in [1.807, 2.05) is 30.0 Å². The highest BCUT2D eigenvalue weighted by atomic mass is 19.1. The van der Waals surface area contributed by atoms with Gasteiger partial charge in [-0.05, 0) is 75.3 Å². The van der Waals surface area contributed by atoms with Crippen molar-refractivity contribution in [3.05, 3.63) is 59.0 Å². The Morgan fingerprint density at radius 3 is 2.84 bits per heavy atom. The van der Waals surface area contributed by atoms with E-state index in [2.05, 4.69) is 6.92 Å².